The molecule has 0 aliphatic heterocycles. The lowest BCUT2D eigenvalue weighted by molar-refractivity contribution is -0.138. The number of amides is 1. The van der Waals surface area contributed by atoms with Crippen LogP contribution in [0.15, 0.2) is 24.3 Å². The minimum Gasteiger partial charge on any atom is -0.390 e. The Labute approximate surface area is 131 Å². The summed E-state index contributed by atoms with van der Waals surface area (Å²) >= 11 is 0. The number of benzene rings is 1. The molecule has 3 rings (SSSR count). The van der Waals surface area contributed by atoms with Crippen LogP contribution in [0.4, 0.5) is 0 Å². The summed E-state index contributed by atoms with van der Waals surface area (Å²) in [5, 5.41) is 13.2. The van der Waals surface area contributed by atoms with Gasteiger partial charge in [-0.25, -0.2) is 0 Å². The number of aliphatic hydroxyl groups excluding tert-OH is 1. The first kappa shape index (κ1) is 15.5. The Morgan fingerprint density at radius 1 is 1.36 bits per heavy atom. The molecule has 1 amide bonds. The average Bonchev–Trinajstić information content (AvgIpc) is 3.13. The minimum absolute atomic E-state index is 0.102. The standard InChI is InChI=1S/C18H25NO3/c1-2-16(22-13-8-4-5-9-13)18(21)19-17-14-10-6-3-7-12(14)11-15(17)20/h3,6-7,10,13,15-17,20H,2,4-5,8-9,11H2,1H3,(H,19,21)/t15-,16?,17+/m0/s1. The van der Waals surface area contributed by atoms with Crippen molar-refractivity contribution in [2.24, 2.45) is 0 Å². The van der Waals surface area contributed by atoms with E-state index in [2.05, 4.69) is 5.32 Å². The van der Waals surface area contributed by atoms with Gasteiger partial charge in [0.15, 0.2) is 0 Å². The molecule has 0 saturated heterocycles. The van der Waals surface area contributed by atoms with E-state index in [0.29, 0.717) is 12.8 Å². The maximum absolute atomic E-state index is 12.5. The number of fused-ring (bicyclic) bond motifs is 1. The molecule has 0 bridgehead atoms. The second-order valence-electron chi connectivity index (χ2n) is 6.40. The quantitative estimate of drug-likeness (QED) is 0.878. The molecule has 1 aromatic rings. The molecular formula is C18H25NO3. The molecule has 4 nitrogen and oxygen atoms in total. The maximum atomic E-state index is 12.5. The van der Waals surface area contributed by atoms with Crippen LogP contribution < -0.4 is 5.32 Å². The summed E-state index contributed by atoms with van der Waals surface area (Å²) < 4.78 is 5.96. The summed E-state index contributed by atoms with van der Waals surface area (Å²) in [5.41, 5.74) is 2.14. The van der Waals surface area contributed by atoms with Gasteiger partial charge in [0.05, 0.1) is 18.2 Å². The Kier molecular flexibility index (Phi) is 4.79. The van der Waals surface area contributed by atoms with Gasteiger partial charge in [-0.15, -0.1) is 0 Å². The first-order valence-electron chi connectivity index (χ1n) is 8.40. The predicted octanol–water partition coefficient (Wildman–Crippen LogP) is 2.50. The van der Waals surface area contributed by atoms with Crippen molar-refractivity contribution in [2.75, 3.05) is 0 Å². The molecular weight excluding hydrogens is 278 g/mol. The minimum atomic E-state index is -0.551. The van der Waals surface area contributed by atoms with E-state index in [-0.39, 0.29) is 18.1 Å². The van der Waals surface area contributed by atoms with E-state index in [1.54, 1.807) is 0 Å². The number of nitrogens with one attached hydrogen (secondary N) is 1. The van der Waals surface area contributed by atoms with Crippen LogP contribution in [-0.4, -0.2) is 29.3 Å². The van der Waals surface area contributed by atoms with E-state index in [4.69, 9.17) is 4.74 Å². The predicted molar refractivity (Wildman–Crippen MR) is 84.5 cm³/mol. The molecule has 0 aromatic heterocycles. The van der Waals surface area contributed by atoms with Crippen molar-refractivity contribution in [2.45, 2.75) is 69.8 Å². The van der Waals surface area contributed by atoms with Crippen molar-refractivity contribution in [3.05, 3.63) is 35.4 Å². The lowest BCUT2D eigenvalue weighted by Gasteiger charge is -2.24. The second kappa shape index (κ2) is 6.80. The van der Waals surface area contributed by atoms with Crippen LogP contribution in [0.2, 0.25) is 0 Å². The van der Waals surface area contributed by atoms with E-state index >= 15 is 0 Å². The number of carbonyl (C=O) groups excluding carboxylic acids is 1. The van der Waals surface area contributed by atoms with Gasteiger partial charge in [-0.2, -0.15) is 0 Å². The fourth-order valence-electron chi connectivity index (χ4n) is 3.59. The zero-order chi connectivity index (χ0) is 15.5. The van der Waals surface area contributed by atoms with Gasteiger partial charge in [0.1, 0.15) is 6.10 Å². The number of carbonyl (C=O) groups is 1. The smallest absolute Gasteiger partial charge is 0.249 e. The van der Waals surface area contributed by atoms with Crippen LogP contribution >= 0.6 is 0 Å². The molecule has 0 radical (unpaired) electrons. The molecule has 1 unspecified atom stereocenters. The molecule has 3 atom stereocenters. The summed E-state index contributed by atoms with van der Waals surface area (Å²) in [6, 6.07) is 7.59. The van der Waals surface area contributed by atoms with Gasteiger partial charge in [0.2, 0.25) is 5.91 Å². The average molecular weight is 303 g/mol. The number of aliphatic hydroxyl groups is 1. The van der Waals surface area contributed by atoms with Crippen LogP contribution in [0.5, 0.6) is 0 Å². The Balaban J connectivity index is 1.65. The van der Waals surface area contributed by atoms with Gasteiger partial charge in [-0.05, 0) is 30.4 Å². The third-order valence-corrected chi connectivity index (χ3v) is 4.82. The SMILES string of the molecule is CCC(OC1CCCC1)C(=O)N[C@@H]1c2ccccc2C[C@@H]1O. The largest absolute Gasteiger partial charge is 0.390 e. The first-order valence-corrected chi connectivity index (χ1v) is 8.40. The fourth-order valence-corrected chi connectivity index (χ4v) is 3.59. The highest BCUT2D eigenvalue weighted by molar-refractivity contribution is 5.81. The molecule has 2 N–H and O–H groups in total. The summed E-state index contributed by atoms with van der Waals surface area (Å²) in [6.07, 6.45) is 5.00. The van der Waals surface area contributed by atoms with Crippen molar-refractivity contribution < 1.29 is 14.6 Å². The summed E-state index contributed by atoms with van der Waals surface area (Å²) in [6.45, 7) is 1.97. The van der Waals surface area contributed by atoms with E-state index < -0.39 is 12.2 Å². The topological polar surface area (TPSA) is 58.6 Å². The first-order chi connectivity index (χ1) is 10.7. The van der Waals surface area contributed by atoms with E-state index in [1.807, 2.05) is 31.2 Å². The number of ether oxygens (including phenoxy) is 1. The van der Waals surface area contributed by atoms with Crippen molar-refractivity contribution in [3.8, 4) is 0 Å². The molecule has 2 aliphatic carbocycles. The summed E-state index contributed by atoms with van der Waals surface area (Å²) in [7, 11) is 0. The second-order valence-corrected chi connectivity index (χ2v) is 6.40. The van der Waals surface area contributed by atoms with Gasteiger partial charge >= 0.3 is 0 Å². The van der Waals surface area contributed by atoms with Crippen molar-refractivity contribution in [1.82, 2.24) is 5.32 Å². The van der Waals surface area contributed by atoms with E-state index in [0.717, 1.165) is 24.0 Å². The zero-order valence-electron chi connectivity index (χ0n) is 13.1. The summed E-state index contributed by atoms with van der Waals surface area (Å²) in [5.74, 6) is -0.102. The normalized spacial score (nSPS) is 25.9. The molecule has 1 fully saturated rings. The molecule has 1 aromatic carbocycles. The molecule has 1 saturated carbocycles. The Hall–Kier alpha value is -1.39. The van der Waals surface area contributed by atoms with Gasteiger partial charge in [0, 0.05) is 6.42 Å². The van der Waals surface area contributed by atoms with Crippen molar-refractivity contribution in [3.63, 3.8) is 0 Å². The molecule has 2 aliphatic rings. The van der Waals surface area contributed by atoms with Crippen LogP contribution in [0.1, 0.15) is 56.2 Å². The Morgan fingerprint density at radius 2 is 2.09 bits per heavy atom. The highest BCUT2D eigenvalue weighted by Crippen LogP contribution is 2.31. The maximum Gasteiger partial charge on any atom is 0.249 e. The third-order valence-electron chi connectivity index (χ3n) is 4.82. The van der Waals surface area contributed by atoms with E-state index in [9.17, 15) is 9.90 Å². The molecule has 120 valence electrons. The van der Waals surface area contributed by atoms with Crippen LogP contribution in [0, 0.1) is 0 Å². The van der Waals surface area contributed by atoms with Crippen molar-refractivity contribution >= 4 is 5.91 Å². The van der Waals surface area contributed by atoms with Gasteiger partial charge in [-0.1, -0.05) is 44.0 Å². The van der Waals surface area contributed by atoms with Gasteiger partial charge in [-0.3, -0.25) is 4.79 Å². The molecule has 0 spiro atoms. The Bertz CT molecular complexity index is 525. The van der Waals surface area contributed by atoms with Crippen LogP contribution in [-0.2, 0) is 16.0 Å². The molecule has 0 heterocycles. The van der Waals surface area contributed by atoms with Gasteiger partial charge < -0.3 is 15.2 Å². The van der Waals surface area contributed by atoms with Crippen LogP contribution in [0.3, 0.4) is 0 Å². The Morgan fingerprint density at radius 3 is 2.82 bits per heavy atom. The molecule has 22 heavy (non-hydrogen) atoms. The zero-order valence-corrected chi connectivity index (χ0v) is 13.1. The summed E-state index contributed by atoms with van der Waals surface area (Å²) in [4.78, 5) is 12.5. The van der Waals surface area contributed by atoms with Crippen molar-refractivity contribution in [1.29, 1.82) is 0 Å². The van der Waals surface area contributed by atoms with Crippen LogP contribution in [0.25, 0.3) is 0 Å². The lowest BCUT2D eigenvalue weighted by atomic mass is 10.1. The third kappa shape index (κ3) is 3.18. The van der Waals surface area contributed by atoms with E-state index in [1.165, 1.54) is 12.8 Å². The highest BCUT2D eigenvalue weighted by atomic mass is 16.5. The molecule has 4 heteroatoms. The number of hydrogen-bond donors (Lipinski definition) is 2. The number of hydrogen-bond acceptors (Lipinski definition) is 3. The number of rotatable bonds is 5. The highest BCUT2D eigenvalue weighted by Gasteiger charge is 2.34. The fraction of sp³-hybridized carbons (Fsp3) is 0.611. The monoisotopic (exact) mass is 303 g/mol. The lowest BCUT2D eigenvalue weighted by Crippen LogP contribution is -2.42. The van der Waals surface area contributed by atoms with Gasteiger partial charge in [0.25, 0.3) is 0 Å².